The lowest BCUT2D eigenvalue weighted by molar-refractivity contribution is 0.120. The maximum atomic E-state index is 14.0. The molecule has 6 heteroatoms. The first-order valence-electron chi connectivity index (χ1n) is 7.70. The van der Waals surface area contributed by atoms with Crippen LogP contribution in [0.3, 0.4) is 0 Å². The molecule has 1 atom stereocenters. The predicted molar refractivity (Wildman–Crippen MR) is 84.7 cm³/mol. The SMILES string of the molecule is CC(O)COc1ccc(C2CC(c3cnc(N)cn3)C2)cc1F. The molecule has 0 bridgehead atoms. The molecule has 0 saturated heterocycles. The molecule has 5 nitrogen and oxygen atoms in total. The summed E-state index contributed by atoms with van der Waals surface area (Å²) in [5.41, 5.74) is 7.44. The Morgan fingerprint density at radius 3 is 2.70 bits per heavy atom. The minimum atomic E-state index is -0.623. The summed E-state index contributed by atoms with van der Waals surface area (Å²) in [6.45, 7) is 1.68. The minimum absolute atomic E-state index is 0.0809. The molecule has 0 radical (unpaired) electrons. The van der Waals surface area contributed by atoms with Crippen molar-refractivity contribution in [2.45, 2.75) is 37.7 Å². The first-order valence-corrected chi connectivity index (χ1v) is 7.70. The Balaban J connectivity index is 1.61. The van der Waals surface area contributed by atoms with Crippen LogP contribution in [0.2, 0.25) is 0 Å². The van der Waals surface area contributed by atoms with E-state index >= 15 is 0 Å². The fourth-order valence-corrected chi connectivity index (χ4v) is 2.79. The molecule has 0 spiro atoms. The van der Waals surface area contributed by atoms with Crippen LogP contribution in [0.25, 0.3) is 0 Å². The van der Waals surface area contributed by atoms with Crippen LogP contribution >= 0.6 is 0 Å². The van der Waals surface area contributed by atoms with Crippen LogP contribution in [0.1, 0.15) is 42.9 Å². The van der Waals surface area contributed by atoms with Gasteiger partial charge in [0.15, 0.2) is 11.6 Å². The number of aliphatic hydroxyl groups is 1. The maximum absolute atomic E-state index is 14.0. The molecule has 0 amide bonds. The molecule has 122 valence electrons. The number of nitrogens with two attached hydrogens (primary N) is 1. The molecule has 1 aliphatic carbocycles. The standard InChI is InChI=1S/C17H20FN3O2/c1-10(22)9-23-16-3-2-11(6-14(16)18)12-4-13(5-12)15-7-21-17(19)8-20-15/h2-3,6-8,10,12-13,22H,4-5,9H2,1H3,(H2,19,21). The normalized spacial score (nSPS) is 21.5. The van der Waals surface area contributed by atoms with E-state index in [0.717, 1.165) is 24.1 Å². The highest BCUT2D eigenvalue weighted by Crippen LogP contribution is 2.47. The van der Waals surface area contributed by atoms with Crippen molar-refractivity contribution < 1.29 is 14.2 Å². The topological polar surface area (TPSA) is 81.3 Å². The van der Waals surface area contributed by atoms with Gasteiger partial charge in [-0.1, -0.05) is 6.07 Å². The molecule has 2 aromatic rings. The van der Waals surface area contributed by atoms with Crippen molar-refractivity contribution in [3.63, 3.8) is 0 Å². The van der Waals surface area contributed by atoms with E-state index in [1.165, 1.54) is 6.07 Å². The lowest BCUT2D eigenvalue weighted by atomic mass is 9.70. The van der Waals surface area contributed by atoms with Gasteiger partial charge in [-0.25, -0.2) is 9.37 Å². The van der Waals surface area contributed by atoms with Gasteiger partial charge in [0.1, 0.15) is 12.4 Å². The second-order valence-electron chi connectivity index (χ2n) is 6.08. The smallest absolute Gasteiger partial charge is 0.165 e. The van der Waals surface area contributed by atoms with E-state index in [2.05, 4.69) is 9.97 Å². The average molecular weight is 317 g/mol. The minimum Gasteiger partial charge on any atom is -0.488 e. The van der Waals surface area contributed by atoms with Gasteiger partial charge in [0, 0.05) is 5.92 Å². The third-order valence-corrected chi connectivity index (χ3v) is 4.16. The van der Waals surface area contributed by atoms with Crippen LogP contribution in [-0.2, 0) is 0 Å². The number of halogens is 1. The lowest BCUT2D eigenvalue weighted by Gasteiger charge is -2.35. The van der Waals surface area contributed by atoms with Crippen molar-refractivity contribution in [1.29, 1.82) is 0 Å². The van der Waals surface area contributed by atoms with Gasteiger partial charge in [-0.2, -0.15) is 0 Å². The van der Waals surface area contributed by atoms with Crippen molar-refractivity contribution in [3.05, 3.63) is 47.7 Å². The Morgan fingerprint density at radius 2 is 2.09 bits per heavy atom. The molecule has 3 rings (SSSR count). The van der Waals surface area contributed by atoms with E-state index in [1.54, 1.807) is 25.4 Å². The van der Waals surface area contributed by atoms with Gasteiger partial charge in [-0.05, 0) is 43.4 Å². The van der Waals surface area contributed by atoms with E-state index in [-0.39, 0.29) is 18.2 Å². The summed E-state index contributed by atoms with van der Waals surface area (Å²) in [5, 5.41) is 9.18. The second-order valence-corrected chi connectivity index (χ2v) is 6.08. The molecular weight excluding hydrogens is 297 g/mol. The largest absolute Gasteiger partial charge is 0.488 e. The Bertz CT molecular complexity index is 670. The Kier molecular flexibility index (Phi) is 4.43. The van der Waals surface area contributed by atoms with Gasteiger partial charge < -0.3 is 15.6 Å². The molecule has 1 fully saturated rings. The summed E-state index contributed by atoms with van der Waals surface area (Å²) in [4.78, 5) is 8.35. The molecule has 23 heavy (non-hydrogen) atoms. The molecule has 3 N–H and O–H groups in total. The zero-order valence-electron chi connectivity index (χ0n) is 12.9. The van der Waals surface area contributed by atoms with Gasteiger partial charge in [-0.15, -0.1) is 0 Å². The number of nitrogens with zero attached hydrogens (tertiary/aromatic N) is 2. The Hall–Kier alpha value is -2.21. The fraction of sp³-hybridized carbons (Fsp3) is 0.412. The van der Waals surface area contributed by atoms with Gasteiger partial charge in [0.2, 0.25) is 0 Å². The van der Waals surface area contributed by atoms with E-state index < -0.39 is 6.10 Å². The molecule has 1 saturated carbocycles. The number of nitrogen functional groups attached to an aromatic ring is 1. The van der Waals surface area contributed by atoms with E-state index in [9.17, 15) is 9.50 Å². The Labute approximate surface area is 134 Å². The lowest BCUT2D eigenvalue weighted by Crippen LogP contribution is -2.21. The van der Waals surface area contributed by atoms with Gasteiger partial charge in [-0.3, -0.25) is 4.98 Å². The van der Waals surface area contributed by atoms with Crippen molar-refractivity contribution in [3.8, 4) is 5.75 Å². The third kappa shape index (κ3) is 3.59. The average Bonchev–Trinajstić information content (AvgIpc) is 2.46. The summed E-state index contributed by atoms with van der Waals surface area (Å²) in [6, 6.07) is 5.03. The van der Waals surface area contributed by atoms with Crippen molar-refractivity contribution in [2.24, 2.45) is 0 Å². The highest BCUT2D eigenvalue weighted by molar-refractivity contribution is 5.34. The summed E-state index contributed by atoms with van der Waals surface area (Å²) in [6.07, 6.45) is 4.50. The predicted octanol–water partition coefficient (Wildman–Crippen LogP) is 2.62. The molecule has 1 aliphatic rings. The number of rotatable bonds is 5. The first-order chi connectivity index (χ1) is 11.0. The van der Waals surface area contributed by atoms with E-state index in [1.807, 2.05) is 6.07 Å². The number of anilines is 1. The number of hydrogen-bond acceptors (Lipinski definition) is 5. The molecule has 1 aromatic carbocycles. The summed E-state index contributed by atoms with van der Waals surface area (Å²) >= 11 is 0. The van der Waals surface area contributed by atoms with Crippen LogP contribution in [0, 0.1) is 5.82 Å². The van der Waals surface area contributed by atoms with Crippen LogP contribution in [-0.4, -0.2) is 27.8 Å². The highest BCUT2D eigenvalue weighted by atomic mass is 19.1. The van der Waals surface area contributed by atoms with Gasteiger partial charge >= 0.3 is 0 Å². The number of benzene rings is 1. The zero-order chi connectivity index (χ0) is 16.4. The van der Waals surface area contributed by atoms with Crippen LogP contribution in [0.4, 0.5) is 10.2 Å². The van der Waals surface area contributed by atoms with Gasteiger partial charge in [0.25, 0.3) is 0 Å². The Morgan fingerprint density at radius 1 is 1.30 bits per heavy atom. The third-order valence-electron chi connectivity index (χ3n) is 4.16. The summed E-state index contributed by atoms with van der Waals surface area (Å²) in [7, 11) is 0. The van der Waals surface area contributed by atoms with Crippen molar-refractivity contribution in [2.75, 3.05) is 12.3 Å². The second kappa shape index (κ2) is 6.50. The molecular formula is C17H20FN3O2. The maximum Gasteiger partial charge on any atom is 0.165 e. The fourth-order valence-electron chi connectivity index (χ4n) is 2.79. The summed E-state index contributed by atoms with van der Waals surface area (Å²) < 4.78 is 19.3. The van der Waals surface area contributed by atoms with Crippen LogP contribution in [0.5, 0.6) is 5.75 Å². The number of ether oxygens (including phenoxy) is 1. The highest BCUT2D eigenvalue weighted by Gasteiger charge is 2.32. The van der Waals surface area contributed by atoms with Crippen molar-refractivity contribution in [1.82, 2.24) is 9.97 Å². The first kappa shape index (κ1) is 15.7. The zero-order valence-corrected chi connectivity index (χ0v) is 12.9. The quantitative estimate of drug-likeness (QED) is 0.886. The molecule has 1 aromatic heterocycles. The monoisotopic (exact) mass is 317 g/mol. The van der Waals surface area contributed by atoms with E-state index in [4.69, 9.17) is 10.5 Å². The summed E-state index contributed by atoms with van der Waals surface area (Å²) in [5.74, 6) is 0.871. The van der Waals surface area contributed by atoms with E-state index in [0.29, 0.717) is 17.7 Å². The number of hydrogen-bond donors (Lipinski definition) is 2. The molecule has 1 unspecified atom stereocenters. The van der Waals surface area contributed by atoms with Crippen LogP contribution < -0.4 is 10.5 Å². The van der Waals surface area contributed by atoms with Crippen molar-refractivity contribution >= 4 is 5.82 Å². The molecule has 1 heterocycles. The number of aromatic nitrogens is 2. The molecule has 0 aliphatic heterocycles. The van der Waals surface area contributed by atoms with Gasteiger partial charge in [0.05, 0.1) is 24.2 Å². The van der Waals surface area contributed by atoms with Crippen LogP contribution in [0.15, 0.2) is 30.6 Å². The number of aliphatic hydroxyl groups excluding tert-OH is 1.